The number of aryl methyl sites for hydroxylation is 1. The number of nitrogens with one attached hydrogen (secondary N) is 4. The van der Waals surface area contributed by atoms with Crippen molar-refractivity contribution in [2.75, 3.05) is 33.2 Å². The second kappa shape index (κ2) is 13.9. The maximum absolute atomic E-state index is 13.8. The lowest BCUT2D eigenvalue weighted by molar-refractivity contribution is -0.148. The number of ether oxygens (including phenoxy) is 1. The predicted octanol–water partition coefficient (Wildman–Crippen LogP) is 0.554. The highest BCUT2D eigenvalue weighted by atomic mass is 19.1. The van der Waals surface area contributed by atoms with E-state index >= 15 is 0 Å². The molecule has 1 aromatic heterocycles. The molecule has 2 aliphatic rings. The van der Waals surface area contributed by atoms with Gasteiger partial charge in [-0.15, -0.1) is 0 Å². The largest absolute Gasteiger partial charge is 0.360 e. The van der Waals surface area contributed by atoms with Gasteiger partial charge in [-0.3, -0.25) is 24.0 Å². The monoisotopic (exact) mass is 633 g/mol. The van der Waals surface area contributed by atoms with Crippen molar-refractivity contribution in [3.63, 3.8) is 0 Å². The summed E-state index contributed by atoms with van der Waals surface area (Å²) in [5, 5.41) is 8.08. The molecule has 0 unspecified atom stereocenters. The summed E-state index contributed by atoms with van der Waals surface area (Å²) in [5.41, 5.74) is 1.96. The summed E-state index contributed by atoms with van der Waals surface area (Å²) in [6.07, 6.45) is -1.84. The van der Waals surface area contributed by atoms with E-state index in [1.165, 1.54) is 35.9 Å². The number of hydrogen-bond acceptors (Lipinski definition) is 7. The summed E-state index contributed by atoms with van der Waals surface area (Å²) < 4.78 is 19.5. The molecule has 46 heavy (non-hydrogen) atoms. The Morgan fingerprint density at radius 3 is 2.43 bits per heavy atom. The van der Waals surface area contributed by atoms with Crippen LogP contribution in [0.3, 0.4) is 0 Å². The summed E-state index contributed by atoms with van der Waals surface area (Å²) in [5.74, 6) is -2.69. The lowest BCUT2D eigenvalue weighted by Gasteiger charge is -2.38. The third kappa shape index (κ3) is 7.57. The van der Waals surface area contributed by atoms with E-state index in [-0.39, 0.29) is 38.3 Å². The van der Waals surface area contributed by atoms with E-state index in [0.717, 1.165) is 5.56 Å². The Hall–Kier alpha value is -5.11. The SMILES string of the molecule is Cc1[nH]c(-c2ccc(F)cc2)nc1C(=O)N1C[C@@H]2CNC(=O)[C@@H](C)NC(=O)CN(C)C(=O)[C@@H](Cc3ccccc3)NC(=O)[C@@H](C1)O2. The fourth-order valence-corrected chi connectivity index (χ4v) is 5.42. The Balaban J connectivity index is 1.43. The van der Waals surface area contributed by atoms with Gasteiger partial charge >= 0.3 is 0 Å². The molecule has 2 bridgehead atoms. The van der Waals surface area contributed by atoms with E-state index in [2.05, 4.69) is 25.9 Å². The zero-order valence-corrected chi connectivity index (χ0v) is 25.7. The first-order valence-corrected chi connectivity index (χ1v) is 14.9. The summed E-state index contributed by atoms with van der Waals surface area (Å²) in [7, 11) is 1.44. The third-order valence-electron chi connectivity index (χ3n) is 7.88. The van der Waals surface area contributed by atoms with Gasteiger partial charge in [-0.25, -0.2) is 9.37 Å². The quantitative estimate of drug-likeness (QED) is 0.326. The Bertz CT molecular complexity index is 1610. The Kier molecular flexibility index (Phi) is 9.75. The molecule has 5 rings (SSSR count). The van der Waals surface area contributed by atoms with Gasteiger partial charge in [0.2, 0.25) is 17.7 Å². The van der Waals surface area contributed by atoms with Gasteiger partial charge in [-0.2, -0.15) is 0 Å². The number of rotatable bonds is 4. The zero-order chi connectivity index (χ0) is 33.0. The van der Waals surface area contributed by atoms with E-state index in [9.17, 15) is 28.4 Å². The number of amides is 5. The molecule has 3 aromatic rings. The number of hydrogen-bond donors (Lipinski definition) is 4. The summed E-state index contributed by atoms with van der Waals surface area (Å²) in [4.78, 5) is 76.7. The first-order valence-electron chi connectivity index (χ1n) is 14.9. The van der Waals surface area contributed by atoms with Crippen molar-refractivity contribution >= 4 is 29.5 Å². The third-order valence-corrected chi connectivity index (χ3v) is 7.88. The van der Waals surface area contributed by atoms with Crippen molar-refractivity contribution in [3.8, 4) is 11.4 Å². The van der Waals surface area contributed by atoms with Gasteiger partial charge in [-0.05, 0) is 43.7 Å². The van der Waals surface area contributed by atoms with Crippen LogP contribution in [0.1, 0.15) is 28.7 Å². The van der Waals surface area contributed by atoms with Gasteiger partial charge in [0.15, 0.2) is 6.10 Å². The number of likely N-dealkylation sites (N-methyl/N-ethyl adjacent to an activating group) is 1. The highest BCUT2D eigenvalue weighted by molar-refractivity contribution is 5.96. The van der Waals surface area contributed by atoms with Crippen molar-refractivity contribution in [2.24, 2.45) is 0 Å². The molecule has 3 heterocycles. The first kappa shape index (κ1) is 32.3. The molecule has 5 amide bonds. The highest BCUT2D eigenvalue weighted by Crippen LogP contribution is 2.22. The smallest absolute Gasteiger partial charge is 0.274 e. The minimum atomic E-state index is -1.19. The number of H-pyrrole nitrogens is 1. The maximum atomic E-state index is 13.8. The minimum Gasteiger partial charge on any atom is -0.360 e. The number of imidazole rings is 1. The molecule has 2 aromatic carbocycles. The van der Waals surface area contributed by atoms with E-state index in [4.69, 9.17) is 4.74 Å². The lowest BCUT2D eigenvalue weighted by atomic mass is 10.0. The highest BCUT2D eigenvalue weighted by Gasteiger charge is 2.38. The molecule has 2 aliphatic heterocycles. The van der Waals surface area contributed by atoms with Crippen LogP contribution in [0.5, 0.6) is 0 Å². The van der Waals surface area contributed by atoms with Crippen molar-refractivity contribution in [1.29, 1.82) is 0 Å². The molecule has 0 aliphatic carbocycles. The van der Waals surface area contributed by atoms with Gasteiger partial charge < -0.3 is 35.5 Å². The number of fused-ring (bicyclic) bond motifs is 2. The van der Waals surface area contributed by atoms with E-state index in [1.54, 1.807) is 19.1 Å². The molecule has 13 nitrogen and oxygen atoms in total. The minimum absolute atomic E-state index is 0.0247. The van der Waals surface area contributed by atoms with E-state index in [1.807, 2.05) is 30.3 Å². The van der Waals surface area contributed by atoms with Crippen LogP contribution < -0.4 is 16.0 Å². The molecule has 2 saturated heterocycles. The molecule has 0 radical (unpaired) electrons. The molecule has 2 fully saturated rings. The van der Waals surface area contributed by atoms with Crippen LogP contribution >= 0.6 is 0 Å². The number of benzene rings is 2. The second-order valence-corrected chi connectivity index (χ2v) is 11.5. The topological polar surface area (TPSA) is 166 Å². The van der Waals surface area contributed by atoms with Crippen LogP contribution in [0, 0.1) is 12.7 Å². The fraction of sp³-hybridized carbons (Fsp3) is 0.375. The van der Waals surface area contributed by atoms with Crippen LogP contribution in [0.2, 0.25) is 0 Å². The number of carbonyl (C=O) groups excluding carboxylic acids is 5. The Morgan fingerprint density at radius 1 is 1.00 bits per heavy atom. The molecule has 14 heteroatoms. The molecule has 242 valence electrons. The van der Waals surface area contributed by atoms with Gasteiger partial charge in [0.05, 0.1) is 19.2 Å². The van der Waals surface area contributed by atoms with Crippen LogP contribution in [0.4, 0.5) is 4.39 Å². The standard InChI is InChI=1S/C32H36FN7O6/c1-18-27(38-28(36-18)21-9-11-22(33)12-10-21)32(45)40-15-23-14-34-29(42)19(2)35-26(41)17-39(3)31(44)24(13-20-7-5-4-6-8-20)37-30(43)25(16-40)46-23/h4-12,19,23-25H,13-17H2,1-3H3,(H,34,42)(H,35,41)(H,36,38)(H,37,43)/t19-,23+,24-,25-/m1/s1. The van der Waals surface area contributed by atoms with Crippen molar-refractivity contribution in [1.82, 2.24) is 35.7 Å². The Morgan fingerprint density at radius 2 is 1.72 bits per heavy atom. The Labute approximate surface area is 264 Å². The summed E-state index contributed by atoms with van der Waals surface area (Å²) in [6, 6.07) is 12.8. The van der Waals surface area contributed by atoms with Crippen molar-refractivity contribution < 1.29 is 33.1 Å². The number of nitrogens with zero attached hydrogens (tertiary/aromatic N) is 3. The molecule has 4 N–H and O–H groups in total. The number of morpholine rings is 1. The number of aromatic nitrogens is 2. The van der Waals surface area contributed by atoms with E-state index in [0.29, 0.717) is 17.1 Å². The molecular formula is C32H36FN7O6. The van der Waals surface area contributed by atoms with Gasteiger partial charge in [0, 0.05) is 37.8 Å². The molecule has 4 atom stereocenters. The van der Waals surface area contributed by atoms with Crippen LogP contribution in [0.25, 0.3) is 11.4 Å². The average molecular weight is 634 g/mol. The maximum Gasteiger partial charge on any atom is 0.274 e. The van der Waals surface area contributed by atoms with Crippen LogP contribution in [-0.2, 0) is 30.3 Å². The van der Waals surface area contributed by atoms with Gasteiger partial charge in [-0.1, -0.05) is 30.3 Å². The van der Waals surface area contributed by atoms with Gasteiger partial charge in [0.1, 0.15) is 29.4 Å². The average Bonchev–Trinajstić information content (AvgIpc) is 3.43. The molecule has 0 spiro atoms. The predicted molar refractivity (Wildman–Crippen MR) is 164 cm³/mol. The second-order valence-electron chi connectivity index (χ2n) is 11.5. The normalized spacial score (nSPS) is 23.1. The molecular weight excluding hydrogens is 597 g/mol. The first-order chi connectivity index (χ1) is 22.0. The lowest BCUT2D eigenvalue weighted by Crippen LogP contribution is -2.59. The van der Waals surface area contributed by atoms with Crippen molar-refractivity contribution in [2.45, 2.75) is 44.6 Å². The van der Waals surface area contributed by atoms with Gasteiger partial charge in [0.25, 0.3) is 11.8 Å². The van der Waals surface area contributed by atoms with E-state index < -0.39 is 59.6 Å². The van der Waals surface area contributed by atoms with Crippen LogP contribution in [-0.4, -0.2) is 107 Å². The molecule has 0 saturated carbocycles. The summed E-state index contributed by atoms with van der Waals surface area (Å²) >= 11 is 0. The zero-order valence-electron chi connectivity index (χ0n) is 25.7. The van der Waals surface area contributed by atoms with Crippen LogP contribution in [0.15, 0.2) is 54.6 Å². The summed E-state index contributed by atoms with van der Waals surface area (Å²) in [6.45, 7) is 2.69. The van der Waals surface area contributed by atoms with Crippen molar-refractivity contribution in [3.05, 3.63) is 77.4 Å². The fourth-order valence-electron chi connectivity index (χ4n) is 5.42. The number of halogens is 1. The number of carbonyl (C=O) groups is 5. The number of aromatic amines is 1.